The lowest BCUT2D eigenvalue weighted by Crippen LogP contribution is -2.13. The summed E-state index contributed by atoms with van der Waals surface area (Å²) < 4.78 is 18.1. The summed E-state index contributed by atoms with van der Waals surface area (Å²) in [6.07, 6.45) is -0.284. The topological polar surface area (TPSA) is 55.4 Å². The summed E-state index contributed by atoms with van der Waals surface area (Å²) >= 11 is 0. The Bertz CT molecular complexity index is 614. The highest BCUT2D eigenvalue weighted by Gasteiger charge is 2.07. The van der Waals surface area contributed by atoms with Gasteiger partial charge in [0.05, 0.1) is 5.56 Å². The van der Waals surface area contributed by atoms with Crippen LogP contribution in [0.1, 0.15) is 15.9 Å². The van der Waals surface area contributed by atoms with Crippen LogP contribution in [0.3, 0.4) is 0 Å². The fourth-order valence-corrected chi connectivity index (χ4v) is 1.59. The number of halogens is 1. The van der Waals surface area contributed by atoms with E-state index in [-0.39, 0.29) is 12.2 Å². The Morgan fingerprint density at radius 2 is 1.95 bits per heavy atom. The van der Waals surface area contributed by atoms with E-state index < -0.39 is 11.9 Å². The van der Waals surface area contributed by atoms with Gasteiger partial charge < -0.3 is 4.74 Å². The highest BCUT2D eigenvalue weighted by molar-refractivity contribution is 5.86. The van der Waals surface area contributed by atoms with Gasteiger partial charge in [-0.2, -0.15) is 0 Å². The molecule has 0 heterocycles. The van der Waals surface area contributed by atoms with Gasteiger partial charge in [-0.05, 0) is 23.8 Å². The predicted octanol–water partition coefficient (Wildman–Crippen LogP) is 3.39. The quantitative estimate of drug-likeness (QED) is 0.869. The molecule has 0 unspecified atom stereocenters. The van der Waals surface area contributed by atoms with Crippen LogP contribution < -0.4 is 5.32 Å². The highest BCUT2D eigenvalue weighted by atomic mass is 19.1. The fourth-order valence-electron chi connectivity index (χ4n) is 1.59. The van der Waals surface area contributed by atoms with Crippen molar-refractivity contribution in [2.45, 2.75) is 6.61 Å². The summed E-state index contributed by atoms with van der Waals surface area (Å²) in [5.74, 6) is -0.636. The first kappa shape index (κ1) is 13.7. The monoisotopic (exact) mass is 273 g/mol. The van der Waals surface area contributed by atoms with Crippen molar-refractivity contribution in [3.63, 3.8) is 0 Å². The summed E-state index contributed by atoms with van der Waals surface area (Å²) in [5, 5.41) is 2.43. The van der Waals surface area contributed by atoms with Crippen LogP contribution in [-0.2, 0) is 11.3 Å². The van der Waals surface area contributed by atoms with Crippen LogP contribution in [0.2, 0.25) is 0 Å². The summed E-state index contributed by atoms with van der Waals surface area (Å²) in [7, 11) is 0. The first-order valence-corrected chi connectivity index (χ1v) is 5.91. The smallest absolute Gasteiger partial charge is 0.411 e. The molecule has 0 spiro atoms. The van der Waals surface area contributed by atoms with Gasteiger partial charge in [-0.25, -0.2) is 9.18 Å². The summed E-state index contributed by atoms with van der Waals surface area (Å²) in [6.45, 7) is 0.133. The van der Waals surface area contributed by atoms with Crippen molar-refractivity contribution in [3.05, 3.63) is 65.5 Å². The summed E-state index contributed by atoms with van der Waals surface area (Å²) in [6, 6.07) is 12.9. The molecule has 0 fully saturated rings. The zero-order valence-electron chi connectivity index (χ0n) is 10.5. The molecule has 0 radical (unpaired) electrons. The van der Waals surface area contributed by atoms with Gasteiger partial charge in [-0.15, -0.1) is 0 Å². The van der Waals surface area contributed by atoms with Gasteiger partial charge in [-0.3, -0.25) is 10.1 Å². The highest BCUT2D eigenvalue weighted by Crippen LogP contribution is 2.13. The van der Waals surface area contributed by atoms with Crippen LogP contribution in [0.4, 0.5) is 14.9 Å². The Morgan fingerprint density at radius 3 is 2.65 bits per heavy atom. The van der Waals surface area contributed by atoms with Gasteiger partial charge >= 0.3 is 6.09 Å². The van der Waals surface area contributed by atoms with Gasteiger partial charge in [0.2, 0.25) is 0 Å². The molecule has 0 aromatic heterocycles. The van der Waals surface area contributed by atoms with Crippen molar-refractivity contribution in [3.8, 4) is 0 Å². The maximum Gasteiger partial charge on any atom is 0.411 e. The van der Waals surface area contributed by atoms with Crippen LogP contribution in [0.25, 0.3) is 0 Å². The lowest BCUT2D eigenvalue weighted by atomic mass is 10.2. The minimum absolute atomic E-state index is 0.120. The van der Waals surface area contributed by atoms with Crippen LogP contribution in [0, 0.1) is 5.82 Å². The second kappa shape index (κ2) is 6.47. The van der Waals surface area contributed by atoms with E-state index in [0.717, 1.165) is 11.6 Å². The SMILES string of the molecule is O=Cc1cc(NC(=O)OCc2ccccc2)ccc1F. The summed E-state index contributed by atoms with van der Waals surface area (Å²) in [4.78, 5) is 22.1. The lowest BCUT2D eigenvalue weighted by Gasteiger charge is -2.07. The zero-order valence-corrected chi connectivity index (χ0v) is 10.5. The third kappa shape index (κ3) is 3.65. The van der Waals surface area contributed by atoms with Crippen molar-refractivity contribution in [1.82, 2.24) is 0 Å². The first-order valence-electron chi connectivity index (χ1n) is 5.91. The number of amides is 1. The number of ether oxygens (including phenoxy) is 1. The van der Waals surface area contributed by atoms with E-state index in [1.165, 1.54) is 12.1 Å². The second-order valence-electron chi connectivity index (χ2n) is 4.04. The van der Waals surface area contributed by atoms with E-state index in [2.05, 4.69) is 5.32 Å². The number of rotatable bonds is 4. The standard InChI is InChI=1S/C15H12FNO3/c16-14-7-6-13(8-12(14)9-18)17-15(19)20-10-11-4-2-1-3-5-11/h1-9H,10H2,(H,17,19). The minimum atomic E-state index is -0.669. The number of hydrogen-bond acceptors (Lipinski definition) is 3. The molecule has 1 N–H and O–H groups in total. The van der Waals surface area contributed by atoms with Gasteiger partial charge in [-0.1, -0.05) is 30.3 Å². The average molecular weight is 273 g/mol. The lowest BCUT2D eigenvalue weighted by molar-refractivity contribution is 0.111. The molecule has 2 aromatic rings. The summed E-state index contributed by atoms with van der Waals surface area (Å²) in [5.41, 5.74) is 1.03. The van der Waals surface area contributed by atoms with Crippen molar-refractivity contribution >= 4 is 18.1 Å². The molecule has 0 aliphatic heterocycles. The molecule has 1 amide bonds. The molecule has 5 heteroatoms. The first-order chi connectivity index (χ1) is 9.69. The normalized spacial score (nSPS) is 9.85. The molecule has 0 aliphatic carbocycles. The van der Waals surface area contributed by atoms with E-state index in [1.807, 2.05) is 30.3 Å². The maximum absolute atomic E-state index is 13.1. The zero-order chi connectivity index (χ0) is 14.4. The van der Waals surface area contributed by atoms with Crippen LogP contribution in [0.5, 0.6) is 0 Å². The van der Waals surface area contributed by atoms with Gasteiger partial charge in [0.1, 0.15) is 12.4 Å². The largest absolute Gasteiger partial charge is 0.444 e. The Hall–Kier alpha value is -2.69. The number of carbonyl (C=O) groups is 2. The predicted molar refractivity (Wildman–Crippen MR) is 72.0 cm³/mol. The van der Waals surface area contributed by atoms with Crippen molar-refractivity contribution in [1.29, 1.82) is 0 Å². The second-order valence-corrected chi connectivity index (χ2v) is 4.04. The fraction of sp³-hybridized carbons (Fsp3) is 0.0667. The van der Waals surface area contributed by atoms with Crippen molar-refractivity contribution in [2.75, 3.05) is 5.32 Å². The third-order valence-corrected chi connectivity index (χ3v) is 2.58. The van der Waals surface area contributed by atoms with E-state index >= 15 is 0 Å². The van der Waals surface area contributed by atoms with Crippen molar-refractivity contribution < 1.29 is 18.7 Å². The molecule has 2 aromatic carbocycles. The molecule has 102 valence electrons. The van der Waals surface area contributed by atoms with Gasteiger partial charge in [0.25, 0.3) is 0 Å². The van der Waals surface area contributed by atoms with Crippen LogP contribution in [0.15, 0.2) is 48.5 Å². The molecule has 0 aliphatic rings. The van der Waals surface area contributed by atoms with E-state index in [0.29, 0.717) is 12.0 Å². The molecule has 0 saturated heterocycles. The van der Waals surface area contributed by atoms with Crippen LogP contribution >= 0.6 is 0 Å². The number of aldehydes is 1. The Morgan fingerprint density at radius 1 is 1.20 bits per heavy atom. The molecule has 20 heavy (non-hydrogen) atoms. The number of nitrogens with one attached hydrogen (secondary N) is 1. The molecule has 2 rings (SSSR count). The molecular weight excluding hydrogens is 261 g/mol. The molecule has 0 saturated carbocycles. The molecular formula is C15H12FNO3. The Balaban J connectivity index is 1.93. The number of anilines is 1. The maximum atomic E-state index is 13.1. The Labute approximate surface area is 115 Å². The average Bonchev–Trinajstić information content (AvgIpc) is 2.48. The van der Waals surface area contributed by atoms with E-state index in [4.69, 9.17) is 4.74 Å². The minimum Gasteiger partial charge on any atom is -0.444 e. The molecule has 0 bridgehead atoms. The molecule has 4 nitrogen and oxygen atoms in total. The number of carbonyl (C=O) groups excluding carboxylic acids is 2. The number of benzene rings is 2. The number of hydrogen-bond donors (Lipinski definition) is 1. The van der Waals surface area contributed by atoms with E-state index in [9.17, 15) is 14.0 Å². The molecule has 0 atom stereocenters. The third-order valence-electron chi connectivity index (χ3n) is 2.58. The van der Waals surface area contributed by atoms with Gasteiger partial charge in [0, 0.05) is 5.69 Å². The Kier molecular flexibility index (Phi) is 4.44. The van der Waals surface area contributed by atoms with Gasteiger partial charge in [0.15, 0.2) is 6.29 Å². The van der Waals surface area contributed by atoms with E-state index in [1.54, 1.807) is 0 Å². The van der Waals surface area contributed by atoms with Crippen molar-refractivity contribution in [2.24, 2.45) is 0 Å². The van der Waals surface area contributed by atoms with Crippen LogP contribution in [-0.4, -0.2) is 12.4 Å².